The summed E-state index contributed by atoms with van der Waals surface area (Å²) in [4.78, 5) is 0. The van der Waals surface area contributed by atoms with Crippen molar-refractivity contribution in [2.75, 3.05) is 0 Å². The lowest BCUT2D eigenvalue weighted by Gasteiger charge is -1.82. The minimum Gasteiger partial charge on any atom is -0.454 e. The van der Waals surface area contributed by atoms with Crippen LogP contribution < -0.4 is 5.73 Å². The molecule has 0 aliphatic heterocycles. The Kier molecular flexibility index (Phi) is 1.10. The molecule has 0 fully saturated rings. The van der Waals surface area contributed by atoms with Crippen molar-refractivity contribution in [3.8, 4) is 5.92 Å². The van der Waals surface area contributed by atoms with Crippen LogP contribution in [0.3, 0.4) is 0 Å². The van der Waals surface area contributed by atoms with Crippen LogP contribution in [0.15, 0.2) is 0 Å². The summed E-state index contributed by atoms with van der Waals surface area (Å²) in [6.07, 6.45) is 6.06. The average Bonchev–Trinajstić information content (AvgIpc) is 1.38. The highest BCUT2D eigenvalue weighted by Crippen LogP contribution is 1.40. The summed E-state index contributed by atoms with van der Waals surface area (Å²) in [6.45, 7) is 0. The van der Waals surface area contributed by atoms with Crippen molar-refractivity contribution in [2.45, 2.75) is 0 Å². The van der Waals surface area contributed by atoms with Crippen LogP contribution in [0.1, 0.15) is 0 Å². The quantitative estimate of drug-likeness (QED) is 0.171. The number of hydrogen-bond donors (Lipinski definition) is 2. The maximum absolute atomic E-state index is 6.22. The Labute approximate surface area is 30.5 Å². The lowest BCUT2D eigenvalue weighted by Crippen LogP contribution is -2.03. The zero-order chi connectivity index (χ0) is 4.28. The van der Waals surface area contributed by atoms with Gasteiger partial charge in [0.15, 0.2) is 0 Å². The van der Waals surface area contributed by atoms with Gasteiger partial charge in [0.1, 0.15) is 0 Å². The molecular weight excluding hydrogens is 64.0 g/mol. The molecule has 0 aromatic carbocycles. The Balaban J connectivity index is 3.35. The predicted octanol–water partition coefficient (Wildman–Crippen LogP) is -0.488. The van der Waals surface area contributed by atoms with E-state index in [4.69, 9.17) is 11.8 Å². The van der Waals surface area contributed by atoms with Crippen molar-refractivity contribution in [1.82, 2.24) is 0 Å². The Hall–Kier alpha value is -0.970. The molecule has 0 rings (SSSR count). The molecule has 0 aromatic rings. The largest absolute Gasteiger partial charge is 0.454 e. The molecule has 0 amide bonds. The molecule has 3 N–H and O–H groups in total. The van der Waals surface area contributed by atoms with E-state index in [1.807, 2.05) is 0 Å². The van der Waals surface area contributed by atoms with Gasteiger partial charge in [-0.1, -0.05) is 0 Å². The molecule has 26 valence electrons. The van der Waals surface area contributed by atoms with Crippen LogP contribution >= 0.6 is 0 Å². The fourth-order valence-corrected chi connectivity index (χ4v) is 0. The summed E-state index contributed by atoms with van der Waals surface area (Å²) in [6, 6.07) is 0. The van der Waals surface area contributed by atoms with E-state index in [0.29, 0.717) is 0 Å². The van der Waals surface area contributed by atoms with Gasteiger partial charge < -0.3 is 17.6 Å². The second-order valence-corrected chi connectivity index (χ2v) is 0.539. The molecule has 0 saturated heterocycles. The lowest BCUT2D eigenvalue weighted by atomic mass is 10.7. The van der Waals surface area contributed by atoms with Gasteiger partial charge in [-0.05, 0) is 0 Å². The first-order valence-corrected chi connectivity index (χ1v) is 1.04. The topological polar surface area (TPSA) is 49.9 Å². The van der Waals surface area contributed by atoms with Gasteiger partial charge in [-0.3, -0.25) is 5.92 Å². The van der Waals surface area contributed by atoms with Gasteiger partial charge in [0.05, 0.1) is 0 Å². The van der Waals surface area contributed by atoms with Crippen LogP contribution in [-0.4, -0.2) is 5.84 Å². The normalized spacial score (nSPS) is 5.40. The maximum Gasteiger partial charge on any atom is 0.00829 e. The summed E-state index contributed by atoms with van der Waals surface area (Å²) in [7, 11) is 0. The number of amidine groups is 1. The van der Waals surface area contributed by atoms with E-state index >= 15 is 0 Å². The average molecular weight is 67.1 g/mol. The van der Waals surface area contributed by atoms with Gasteiger partial charge in [0.2, 0.25) is 0 Å². The monoisotopic (exact) mass is 67.0 g/mol. The molecular formula is C3H3N2-. The highest BCUT2D eigenvalue weighted by atomic mass is 14.7. The lowest BCUT2D eigenvalue weighted by molar-refractivity contribution is 1.48. The molecule has 2 heteroatoms. The van der Waals surface area contributed by atoms with E-state index in [-0.39, 0.29) is 5.84 Å². The maximum atomic E-state index is 6.22. The van der Waals surface area contributed by atoms with Crippen molar-refractivity contribution in [2.24, 2.45) is 5.73 Å². The van der Waals surface area contributed by atoms with E-state index in [9.17, 15) is 0 Å². The van der Waals surface area contributed by atoms with Crippen LogP contribution in [0.2, 0.25) is 0 Å². The zero-order valence-electron chi connectivity index (χ0n) is 2.58. The van der Waals surface area contributed by atoms with Crippen LogP contribution in [0.4, 0.5) is 0 Å². The Bertz CT molecular complexity index is 77.4. The smallest absolute Gasteiger partial charge is 0.00829 e. The first kappa shape index (κ1) is 4.03. The molecule has 5 heavy (non-hydrogen) atoms. The van der Waals surface area contributed by atoms with E-state index in [0.717, 1.165) is 0 Å². The minimum absolute atomic E-state index is 0.329. The van der Waals surface area contributed by atoms with Gasteiger partial charge in [-0.2, -0.15) is 0 Å². The summed E-state index contributed by atoms with van der Waals surface area (Å²) < 4.78 is 0. The third-order valence-corrected chi connectivity index (χ3v) is 0.135. The third-order valence-electron chi connectivity index (χ3n) is 0.135. The molecule has 0 aromatic heterocycles. The van der Waals surface area contributed by atoms with Crippen molar-refractivity contribution in [3.05, 3.63) is 6.42 Å². The van der Waals surface area contributed by atoms with Crippen molar-refractivity contribution >= 4 is 5.84 Å². The van der Waals surface area contributed by atoms with Gasteiger partial charge in [-0.15, -0.1) is 0 Å². The predicted molar refractivity (Wildman–Crippen MR) is 19.0 cm³/mol. The van der Waals surface area contributed by atoms with Crippen LogP contribution in [0, 0.1) is 17.8 Å². The molecule has 0 aliphatic carbocycles. The van der Waals surface area contributed by atoms with E-state index in [1.54, 1.807) is 5.92 Å². The first-order valence-electron chi connectivity index (χ1n) is 1.04. The highest BCUT2D eigenvalue weighted by Gasteiger charge is 1.46. The second-order valence-electron chi connectivity index (χ2n) is 0.539. The fraction of sp³-hybridized carbons (Fsp3) is 0. The zero-order valence-corrected chi connectivity index (χ0v) is 2.58. The summed E-state index contributed by atoms with van der Waals surface area (Å²) in [5.74, 6) is 1.31. The standard InChI is InChI=1S/C3H3N2/c1-2-3(4)5/h(H3,4,5)/q-1. The van der Waals surface area contributed by atoms with E-state index in [2.05, 4.69) is 5.73 Å². The number of nitrogens with two attached hydrogens (primary N) is 1. The van der Waals surface area contributed by atoms with E-state index < -0.39 is 0 Å². The van der Waals surface area contributed by atoms with Gasteiger partial charge >= 0.3 is 0 Å². The Morgan fingerprint density at radius 3 is 2.20 bits per heavy atom. The Morgan fingerprint density at radius 2 is 2.20 bits per heavy atom. The van der Waals surface area contributed by atoms with Crippen LogP contribution in [-0.2, 0) is 0 Å². The minimum atomic E-state index is -0.329. The molecule has 0 radical (unpaired) electrons. The fourth-order valence-electron chi connectivity index (χ4n) is 0. The van der Waals surface area contributed by atoms with Crippen molar-refractivity contribution in [1.29, 1.82) is 5.41 Å². The van der Waals surface area contributed by atoms with Gasteiger partial charge in [0.25, 0.3) is 0 Å². The summed E-state index contributed by atoms with van der Waals surface area (Å²) in [5.41, 5.74) is 4.58. The second kappa shape index (κ2) is 1.36. The molecule has 0 atom stereocenters. The SMILES string of the molecule is [C-]#CC(=N)N. The molecule has 0 bridgehead atoms. The molecule has 0 heterocycles. The van der Waals surface area contributed by atoms with Crippen molar-refractivity contribution < 1.29 is 0 Å². The number of nitrogens with one attached hydrogen (secondary N) is 1. The molecule has 0 unspecified atom stereocenters. The number of hydrogen-bond acceptors (Lipinski definition) is 1. The molecule has 0 spiro atoms. The molecule has 2 nitrogen and oxygen atoms in total. The van der Waals surface area contributed by atoms with Crippen molar-refractivity contribution in [3.63, 3.8) is 0 Å². The molecule has 0 aliphatic rings. The number of rotatable bonds is 0. The third kappa shape index (κ3) is 3.03. The summed E-state index contributed by atoms with van der Waals surface area (Å²) >= 11 is 0. The summed E-state index contributed by atoms with van der Waals surface area (Å²) in [5, 5.41) is 6.22. The van der Waals surface area contributed by atoms with Gasteiger partial charge in [0, 0.05) is 5.84 Å². The van der Waals surface area contributed by atoms with E-state index in [1.165, 1.54) is 0 Å². The highest BCUT2D eigenvalue weighted by molar-refractivity contribution is 5.92. The van der Waals surface area contributed by atoms with Gasteiger partial charge in [-0.25, -0.2) is 0 Å². The first-order chi connectivity index (χ1) is 2.27. The van der Waals surface area contributed by atoms with Crippen LogP contribution in [0.5, 0.6) is 0 Å². The molecule has 0 saturated carbocycles. The Morgan fingerprint density at radius 1 is 2.00 bits per heavy atom. The van der Waals surface area contributed by atoms with Crippen LogP contribution in [0.25, 0.3) is 0 Å².